The van der Waals surface area contributed by atoms with Crippen molar-refractivity contribution in [1.82, 2.24) is 25.3 Å². The van der Waals surface area contributed by atoms with E-state index in [1.54, 1.807) is 0 Å². The van der Waals surface area contributed by atoms with Crippen molar-refractivity contribution in [3.8, 4) is 0 Å². The van der Waals surface area contributed by atoms with Gasteiger partial charge in [0.25, 0.3) is 0 Å². The van der Waals surface area contributed by atoms with Crippen molar-refractivity contribution in [2.45, 2.75) is 17.9 Å². The van der Waals surface area contributed by atoms with Gasteiger partial charge in [-0.25, -0.2) is 22.3 Å². The van der Waals surface area contributed by atoms with Crippen LogP contribution in [-0.2, 0) is 10.0 Å². The Morgan fingerprint density at radius 1 is 1.48 bits per heavy atom. The number of aromatic nitrogens is 4. The van der Waals surface area contributed by atoms with Crippen molar-refractivity contribution in [1.29, 1.82) is 0 Å². The molecule has 0 radical (unpaired) electrons. The van der Waals surface area contributed by atoms with E-state index < -0.39 is 33.4 Å². The van der Waals surface area contributed by atoms with Crippen LogP contribution in [0.2, 0.25) is 0 Å². The second-order valence-corrected chi connectivity index (χ2v) is 5.77. The third-order valence-corrected chi connectivity index (χ3v) is 4.10. The quantitative estimate of drug-likeness (QED) is 0.710. The number of sulfonamides is 1. The Hall–Kier alpha value is -2.40. The predicted molar refractivity (Wildman–Crippen MR) is 66.3 cm³/mol. The lowest BCUT2D eigenvalue weighted by Crippen LogP contribution is -2.28. The molecule has 21 heavy (non-hydrogen) atoms. The molecule has 112 valence electrons. The second kappa shape index (κ2) is 5.54. The number of hydrogen-bond acceptors (Lipinski definition) is 6. The van der Waals surface area contributed by atoms with Crippen LogP contribution in [0.5, 0.6) is 0 Å². The Labute approximate surface area is 118 Å². The summed E-state index contributed by atoms with van der Waals surface area (Å²) in [5.74, 6) is -2.47. The van der Waals surface area contributed by atoms with Crippen LogP contribution >= 0.6 is 0 Å². The number of nitrogens with one attached hydrogen (secondary N) is 2. The van der Waals surface area contributed by atoms with Gasteiger partial charge in [-0.15, -0.1) is 10.2 Å². The molecule has 1 aromatic carbocycles. The average molecular weight is 315 g/mol. The van der Waals surface area contributed by atoms with Gasteiger partial charge in [-0.05, 0) is 25.1 Å². The van der Waals surface area contributed by atoms with Crippen molar-refractivity contribution in [3.63, 3.8) is 0 Å². The smallest absolute Gasteiger partial charge is 0.338 e. The summed E-state index contributed by atoms with van der Waals surface area (Å²) in [7, 11) is -4.06. The van der Waals surface area contributed by atoms with Crippen LogP contribution in [-0.4, -0.2) is 40.1 Å². The molecule has 9 nitrogen and oxygen atoms in total. The van der Waals surface area contributed by atoms with E-state index in [2.05, 4.69) is 25.3 Å². The van der Waals surface area contributed by atoms with Crippen molar-refractivity contribution < 1.29 is 22.7 Å². The molecule has 0 aliphatic carbocycles. The predicted octanol–water partition coefficient (Wildman–Crippen LogP) is 0.0765. The number of tetrazole rings is 1. The van der Waals surface area contributed by atoms with Gasteiger partial charge < -0.3 is 5.11 Å². The van der Waals surface area contributed by atoms with Gasteiger partial charge in [0.1, 0.15) is 5.82 Å². The summed E-state index contributed by atoms with van der Waals surface area (Å²) >= 11 is 0. The van der Waals surface area contributed by atoms with Gasteiger partial charge in [-0.1, -0.05) is 5.21 Å². The molecule has 1 heterocycles. The van der Waals surface area contributed by atoms with Crippen LogP contribution in [0.3, 0.4) is 0 Å². The maximum Gasteiger partial charge on any atom is 0.338 e. The standard InChI is InChI=1S/C10H10FN5O4S/c1-5(9-12-15-16-13-9)14-21(19,20)6-2-3-8(11)7(4-6)10(17)18/h2-5,14H,1H3,(H,17,18)(H,12,13,15,16). The maximum absolute atomic E-state index is 13.3. The number of carboxylic acid groups (broad SMARTS) is 1. The molecule has 1 unspecified atom stereocenters. The summed E-state index contributed by atoms with van der Waals surface area (Å²) in [6, 6.07) is 1.68. The third-order valence-electron chi connectivity index (χ3n) is 2.56. The Balaban J connectivity index is 2.32. The summed E-state index contributed by atoms with van der Waals surface area (Å²) in [5, 5.41) is 21.5. The number of rotatable bonds is 5. The van der Waals surface area contributed by atoms with Gasteiger partial charge in [0.05, 0.1) is 16.5 Å². The number of aromatic carboxylic acids is 1. The zero-order valence-electron chi connectivity index (χ0n) is 10.6. The molecule has 0 aliphatic rings. The van der Waals surface area contributed by atoms with Crippen molar-refractivity contribution >= 4 is 16.0 Å². The summed E-state index contributed by atoms with van der Waals surface area (Å²) in [5.41, 5.74) is -0.731. The number of benzene rings is 1. The Morgan fingerprint density at radius 3 is 2.76 bits per heavy atom. The molecular weight excluding hydrogens is 305 g/mol. The molecule has 3 N–H and O–H groups in total. The highest BCUT2D eigenvalue weighted by atomic mass is 32.2. The fourth-order valence-electron chi connectivity index (χ4n) is 1.54. The van der Waals surface area contributed by atoms with Crippen molar-refractivity contribution in [3.05, 3.63) is 35.4 Å². The highest BCUT2D eigenvalue weighted by Crippen LogP contribution is 2.17. The molecule has 0 amide bonds. The highest BCUT2D eigenvalue weighted by Gasteiger charge is 2.23. The molecule has 2 rings (SSSR count). The number of carboxylic acids is 1. The first-order chi connectivity index (χ1) is 9.81. The highest BCUT2D eigenvalue weighted by molar-refractivity contribution is 7.89. The first-order valence-electron chi connectivity index (χ1n) is 5.60. The first kappa shape index (κ1) is 15.0. The Morgan fingerprint density at radius 2 is 2.19 bits per heavy atom. The third kappa shape index (κ3) is 3.20. The molecule has 1 aromatic heterocycles. The van der Waals surface area contributed by atoms with Crippen LogP contribution in [0.4, 0.5) is 4.39 Å². The topological polar surface area (TPSA) is 138 Å². The minimum Gasteiger partial charge on any atom is -0.478 e. The van der Waals surface area contributed by atoms with Crippen LogP contribution < -0.4 is 4.72 Å². The molecule has 1 atom stereocenters. The molecule has 0 saturated carbocycles. The number of nitrogens with zero attached hydrogens (tertiary/aromatic N) is 3. The van der Waals surface area contributed by atoms with Crippen molar-refractivity contribution in [2.24, 2.45) is 0 Å². The van der Waals surface area contributed by atoms with Gasteiger partial charge in [0, 0.05) is 0 Å². The van der Waals surface area contributed by atoms with Gasteiger partial charge in [-0.2, -0.15) is 5.21 Å². The molecule has 0 saturated heterocycles. The van der Waals surface area contributed by atoms with E-state index in [0.717, 1.165) is 18.2 Å². The maximum atomic E-state index is 13.3. The van der Waals surface area contributed by atoms with E-state index in [4.69, 9.17) is 5.11 Å². The van der Waals surface area contributed by atoms with E-state index >= 15 is 0 Å². The molecule has 2 aromatic rings. The molecule has 0 aliphatic heterocycles. The van der Waals surface area contributed by atoms with E-state index in [1.165, 1.54) is 6.92 Å². The molecule has 0 fully saturated rings. The summed E-state index contributed by atoms with van der Waals surface area (Å²) in [4.78, 5) is 10.4. The van der Waals surface area contributed by atoms with E-state index in [0.29, 0.717) is 0 Å². The summed E-state index contributed by atoms with van der Waals surface area (Å²) in [6.07, 6.45) is 0. The van der Waals surface area contributed by atoms with Gasteiger partial charge in [0.2, 0.25) is 10.0 Å². The monoisotopic (exact) mass is 315 g/mol. The fraction of sp³-hybridized carbons (Fsp3) is 0.200. The van der Waals surface area contributed by atoms with Crippen LogP contribution in [0, 0.1) is 5.82 Å². The number of carbonyl (C=O) groups is 1. The zero-order valence-corrected chi connectivity index (χ0v) is 11.4. The van der Waals surface area contributed by atoms with Crippen LogP contribution in [0.25, 0.3) is 0 Å². The fourth-order valence-corrected chi connectivity index (χ4v) is 2.77. The number of halogens is 1. The minimum absolute atomic E-state index is 0.110. The Bertz CT molecular complexity index is 762. The average Bonchev–Trinajstić information content (AvgIpc) is 2.92. The Kier molecular flexibility index (Phi) is 3.95. The lowest BCUT2D eigenvalue weighted by Gasteiger charge is -2.11. The molecular formula is C10H10FN5O4S. The lowest BCUT2D eigenvalue weighted by molar-refractivity contribution is 0.0691. The zero-order chi connectivity index (χ0) is 15.6. The van der Waals surface area contributed by atoms with Gasteiger partial charge >= 0.3 is 5.97 Å². The minimum atomic E-state index is -4.06. The van der Waals surface area contributed by atoms with E-state index in [-0.39, 0.29) is 10.7 Å². The number of hydrogen-bond donors (Lipinski definition) is 3. The normalized spacial score (nSPS) is 13.0. The van der Waals surface area contributed by atoms with Crippen LogP contribution in [0.15, 0.2) is 23.1 Å². The lowest BCUT2D eigenvalue weighted by atomic mass is 10.2. The van der Waals surface area contributed by atoms with Gasteiger partial charge in [0.15, 0.2) is 5.82 Å². The SMILES string of the molecule is CC(NS(=O)(=O)c1ccc(F)c(C(=O)O)c1)c1nn[nH]n1. The van der Waals surface area contributed by atoms with Gasteiger partial charge in [-0.3, -0.25) is 0 Å². The van der Waals surface area contributed by atoms with E-state index in [1.807, 2.05) is 0 Å². The largest absolute Gasteiger partial charge is 0.478 e. The number of H-pyrrole nitrogens is 1. The van der Waals surface area contributed by atoms with Crippen LogP contribution in [0.1, 0.15) is 29.1 Å². The molecule has 0 spiro atoms. The first-order valence-corrected chi connectivity index (χ1v) is 7.08. The summed E-state index contributed by atoms with van der Waals surface area (Å²) < 4.78 is 39.7. The van der Waals surface area contributed by atoms with Crippen molar-refractivity contribution in [2.75, 3.05) is 0 Å². The second-order valence-electron chi connectivity index (χ2n) is 4.06. The summed E-state index contributed by atoms with van der Waals surface area (Å²) in [6.45, 7) is 1.48. The molecule has 11 heteroatoms. The van der Waals surface area contributed by atoms with E-state index in [9.17, 15) is 17.6 Å². The number of aromatic amines is 1. The molecule has 0 bridgehead atoms.